The van der Waals surface area contributed by atoms with Crippen LogP contribution in [0.5, 0.6) is 5.75 Å². The van der Waals surface area contributed by atoms with Gasteiger partial charge in [0.1, 0.15) is 11.4 Å². The predicted molar refractivity (Wildman–Crippen MR) is 113 cm³/mol. The van der Waals surface area contributed by atoms with Crippen molar-refractivity contribution < 1.29 is 22.7 Å². The molecule has 0 atom stereocenters. The summed E-state index contributed by atoms with van der Waals surface area (Å²) in [7, 11) is 0. The number of carbonyl (C=O) groups is 1. The molecule has 0 amide bonds. The quantitative estimate of drug-likeness (QED) is 0.482. The average molecular weight is 446 g/mol. The molecule has 0 fully saturated rings. The maximum absolute atomic E-state index is 14.3. The Morgan fingerprint density at radius 3 is 2.44 bits per heavy atom. The zero-order valence-corrected chi connectivity index (χ0v) is 17.6. The molecule has 3 aromatic rings. The van der Waals surface area contributed by atoms with Crippen molar-refractivity contribution in [3.63, 3.8) is 0 Å². The first-order chi connectivity index (χ1) is 15.3. The third-order valence-electron chi connectivity index (χ3n) is 4.54. The summed E-state index contributed by atoms with van der Waals surface area (Å²) in [6.45, 7) is 3.53. The topological polar surface area (TPSA) is 93.1 Å². The van der Waals surface area contributed by atoms with E-state index in [0.717, 1.165) is 6.20 Å². The maximum atomic E-state index is 14.3. The number of hydrogen-bond donors (Lipinski definition) is 1. The number of anilines is 3. The highest BCUT2D eigenvalue weighted by molar-refractivity contribution is 5.99. The fraction of sp³-hybridized carbons (Fsp3) is 0.286. The van der Waals surface area contributed by atoms with Gasteiger partial charge in [0.25, 0.3) is 0 Å². The van der Waals surface area contributed by atoms with E-state index in [1.165, 1.54) is 37.3 Å². The van der Waals surface area contributed by atoms with Crippen LogP contribution in [-0.4, -0.2) is 45.6 Å². The first kappa shape index (κ1) is 22.9. The number of alkyl halides is 2. The van der Waals surface area contributed by atoms with Crippen LogP contribution in [0.15, 0.2) is 36.5 Å². The van der Waals surface area contributed by atoms with Crippen LogP contribution in [0.25, 0.3) is 11.1 Å². The lowest BCUT2D eigenvalue weighted by Crippen LogP contribution is -2.24. The second kappa shape index (κ2) is 10.0. The predicted octanol–water partition coefficient (Wildman–Crippen LogP) is 4.47. The van der Waals surface area contributed by atoms with Crippen LogP contribution in [-0.2, 0) is 0 Å². The molecule has 0 aliphatic rings. The molecule has 11 heteroatoms. The molecule has 1 aromatic carbocycles. The van der Waals surface area contributed by atoms with Crippen molar-refractivity contribution in [3.8, 4) is 16.9 Å². The molecule has 0 saturated carbocycles. The Hall–Kier alpha value is -3.76. The van der Waals surface area contributed by atoms with Crippen LogP contribution in [0.4, 0.5) is 30.8 Å². The maximum Gasteiger partial charge on any atom is 0.387 e. The Kier molecular flexibility index (Phi) is 7.18. The summed E-state index contributed by atoms with van der Waals surface area (Å²) in [5, 5.41) is 10.7. The van der Waals surface area contributed by atoms with Crippen LogP contribution in [0.3, 0.4) is 0 Å². The average Bonchev–Trinajstić information content (AvgIpc) is 2.76. The van der Waals surface area contributed by atoms with E-state index in [9.17, 15) is 18.0 Å². The van der Waals surface area contributed by atoms with Crippen LogP contribution in [0.2, 0.25) is 0 Å². The highest BCUT2D eigenvalue weighted by Gasteiger charge is 2.16. The van der Waals surface area contributed by atoms with Crippen molar-refractivity contribution >= 4 is 23.4 Å². The van der Waals surface area contributed by atoms with E-state index in [-0.39, 0.29) is 28.9 Å². The SMILES string of the molecule is CCN(CC)c1ncc(F)c(Nc2cc(-c3ccc(OC(F)F)cc3)c(C(C)=O)nn2)n1. The van der Waals surface area contributed by atoms with Crippen LogP contribution < -0.4 is 15.0 Å². The number of Topliss-reactive ketones (excluding diaryl/α,β-unsaturated/α-hetero) is 1. The molecule has 2 heterocycles. The number of rotatable bonds is 9. The zero-order valence-electron chi connectivity index (χ0n) is 17.6. The van der Waals surface area contributed by atoms with Crippen molar-refractivity contribution in [2.24, 2.45) is 0 Å². The van der Waals surface area contributed by atoms with E-state index in [2.05, 4.69) is 30.2 Å². The lowest BCUT2D eigenvalue weighted by Gasteiger charge is -2.19. The van der Waals surface area contributed by atoms with Crippen LogP contribution >= 0.6 is 0 Å². The number of nitrogens with one attached hydrogen (secondary N) is 1. The smallest absolute Gasteiger partial charge is 0.387 e. The van der Waals surface area contributed by atoms with Crippen molar-refractivity contribution in [2.45, 2.75) is 27.4 Å². The molecule has 0 aliphatic carbocycles. The van der Waals surface area contributed by atoms with E-state index in [4.69, 9.17) is 0 Å². The Bertz CT molecular complexity index is 1090. The number of aromatic nitrogens is 4. The highest BCUT2D eigenvalue weighted by Crippen LogP contribution is 2.28. The van der Waals surface area contributed by atoms with E-state index in [1.54, 1.807) is 0 Å². The molecule has 0 radical (unpaired) electrons. The van der Waals surface area contributed by atoms with E-state index in [0.29, 0.717) is 30.2 Å². The summed E-state index contributed by atoms with van der Waals surface area (Å²) >= 11 is 0. The fourth-order valence-corrected chi connectivity index (χ4v) is 2.97. The molecular weight excluding hydrogens is 425 g/mol. The molecular formula is C21H21F3N6O2. The number of carbonyl (C=O) groups excluding carboxylic acids is 1. The van der Waals surface area contributed by atoms with Crippen molar-refractivity contribution in [3.05, 3.63) is 48.0 Å². The van der Waals surface area contributed by atoms with Crippen LogP contribution in [0.1, 0.15) is 31.3 Å². The number of hydrogen-bond acceptors (Lipinski definition) is 8. The number of benzene rings is 1. The summed E-state index contributed by atoms with van der Waals surface area (Å²) in [6, 6.07) is 7.22. The monoisotopic (exact) mass is 446 g/mol. The normalized spacial score (nSPS) is 10.8. The zero-order chi connectivity index (χ0) is 23.3. The minimum Gasteiger partial charge on any atom is -0.435 e. The molecule has 3 rings (SSSR count). The summed E-state index contributed by atoms with van der Waals surface area (Å²) < 4.78 is 43.5. The molecule has 1 N–H and O–H groups in total. The van der Waals surface area contributed by atoms with Gasteiger partial charge in [0, 0.05) is 25.6 Å². The lowest BCUT2D eigenvalue weighted by atomic mass is 10.0. The molecule has 8 nitrogen and oxygen atoms in total. The van der Waals surface area contributed by atoms with E-state index < -0.39 is 12.4 Å². The number of ether oxygens (including phenoxy) is 1. The van der Waals surface area contributed by atoms with Gasteiger partial charge in [-0.15, -0.1) is 10.2 Å². The second-order valence-electron chi connectivity index (χ2n) is 6.61. The third kappa shape index (κ3) is 5.29. The van der Waals surface area contributed by atoms with Gasteiger partial charge in [-0.3, -0.25) is 4.79 Å². The minimum absolute atomic E-state index is 0.0273. The molecule has 0 saturated heterocycles. The number of ketones is 1. The van der Waals surface area contributed by atoms with Gasteiger partial charge in [-0.25, -0.2) is 9.37 Å². The Morgan fingerprint density at radius 2 is 1.84 bits per heavy atom. The van der Waals surface area contributed by atoms with Crippen molar-refractivity contribution in [1.82, 2.24) is 20.2 Å². The van der Waals surface area contributed by atoms with Crippen molar-refractivity contribution in [2.75, 3.05) is 23.3 Å². The summed E-state index contributed by atoms with van der Waals surface area (Å²) in [5.74, 6) is -0.667. The molecule has 0 unspecified atom stereocenters. The van der Waals surface area contributed by atoms with E-state index in [1.807, 2.05) is 18.7 Å². The largest absolute Gasteiger partial charge is 0.435 e. The van der Waals surface area contributed by atoms with Gasteiger partial charge in [0.15, 0.2) is 23.2 Å². The fourth-order valence-electron chi connectivity index (χ4n) is 2.97. The molecule has 0 spiro atoms. The first-order valence-electron chi connectivity index (χ1n) is 9.80. The third-order valence-corrected chi connectivity index (χ3v) is 4.54. The van der Waals surface area contributed by atoms with Gasteiger partial charge in [0.2, 0.25) is 5.95 Å². The van der Waals surface area contributed by atoms with Gasteiger partial charge in [-0.05, 0) is 37.6 Å². The first-order valence-corrected chi connectivity index (χ1v) is 9.80. The summed E-state index contributed by atoms with van der Waals surface area (Å²) in [5.41, 5.74) is 0.976. The van der Waals surface area contributed by atoms with Crippen molar-refractivity contribution in [1.29, 1.82) is 0 Å². The highest BCUT2D eigenvalue weighted by atomic mass is 19.3. The summed E-state index contributed by atoms with van der Waals surface area (Å²) in [6.07, 6.45) is 1.06. The van der Waals surface area contributed by atoms with Gasteiger partial charge in [-0.2, -0.15) is 13.8 Å². The van der Waals surface area contributed by atoms with Gasteiger partial charge < -0.3 is 15.0 Å². The minimum atomic E-state index is -2.95. The Labute approximate surface area is 182 Å². The Morgan fingerprint density at radius 1 is 1.16 bits per heavy atom. The number of nitrogens with zero attached hydrogens (tertiary/aromatic N) is 5. The Balaban J connectivity index is 1.96. The molecule has 0 bridgehead atoms. The second-order valence-corrected chi connectivity index (χ2v) is 6.61. The van der Waals surface area contributed by atoms with Gasteiger partial charge >= 0.3 is 6.61 Å². The van der Waals surface area contributed by atoms with Gasteiger partial charge in [0.05, 0.1) is 6.20 Å². The van der Waals surface area contributed by atoms with Gasteiger partial charge in [-0.1, -0.05) is 12.1 Å². The molecule has 168 valence electrons. The summed E-state index contributed by atoms with van der Waals surface area (Å²) in [4.78, 5) is 22.1. The van der Waals surface area contributed by atoms with E-state index >= 15 is 0 Å². The standard InChI is InChI=1S/C21H21F3N6O2/c1-4-30(5-2)21-25-11-16(22)19(27-21)26-17-10-15(18(12(3)31)29-28-17)13-6-8-14(9-7-13)32-20(23)24/h6-11,20H,4-5H2,1-3H3,(H,25,26,27,28). The molecule has 2 aromatic heterocycles. The van der Waals surface area contributed by atoms with Crippen LogP contribution in [0, 0.1) is 5.82 Å². The lowest BCUT2D eigenvalue weighted by molar-refractivity contribution is -0.0498. The molecule has 0 aliphatic heterocycles. The number of halogens is 3. The molecule has 32 heavy (non-hydrogen) atoms.